The van der Waals surface area contributed by atoms with Crippen LogP contribution in [0.4, 0.5) is 0 Å². The van der Waals surface area contributed by atoms with E-state index in [0.717, 1.165) is 27.4 Å². The second-order valence-corrected chi connectivity index (χ2v) is 8.41. The Bertz CT molecular complexity index is 1320. The third kappa shape index (κ3) is 4.98. The van der Waals surface area contributed by atoms with E-state index in [4.69, 9.17) is 4.42 Å². The second-order valence-electron chi connectivity index (χ2n) is 7.34. The minimum absolute atomic E-state index is 0.149. The van der Waals surface area contributed by atoms with Crippen LogP contribution in [0.15, 0.2) is 69.4 Å². The van der Waals surface area contributed by atoms with Gasteiger partial charge < -0.3 is 9.73 Å². The Labute approximate surface area is 184 Å². The average molecular weight is 431 g/mol. The van der Waals surface area contributed by atoms with Gasteiger partial charge in [0.05, 0.1) is 21.7 Å². The van der Waals surface area contributed by atoms with E-state index in [1.54, 1.807) is 23.5 Å². The predicted octanol–water partition coefficient (Wildman–Crippen LogP) is 4.91. The topological polar surface area (TPSA) is 72.2 Å². The van der Waals surface area contributed by atoms with Crippen LogP contribution in [0, 0.1) is 13.8 Å². The maximum Gasteiger partial charge on any atom is 0.244 e. The first-order chi connectivity index (χ1) is 15.0. The lowest BCUT2D eigenvalue weighted by Crippen LogP contribution is -2.23. The molecule has 5 nitrogen and oxygen atoms in total. The number of fused-ring (bicyclic) bond motifs is 1. The maximum atomic E-state index is 12.6. The van der Waals surface area contributed by atoms with Crippen LogP contribution in [0.2, 0.25) is 0 Å². The number of hydrogen-bond donors (Lipinski definition) is 1. The third-order valence-corrected chi connectivity index (χ3v) is 5.72. The summed E-state index contributed by atoms with van der Waals surface area (Å²) in [5.74, 6) is -0.252. The van der Waals surface area contributed by atoms with Gasteiger partial charge in [-0.05, 0) is 44.0 Å². The molecule has 0 aliphatic carbocycles. The zero-order chi connectivity index (χ0) is 21.8. The first-order valence-electron chi connectivity index (χ1n) is 9.99. The Morgan fingerprint density at radius 2 is 1.97 bits per heavy atom. The lowest BCUT2D eigenvalue weighted by molar-refractivity contribution is -0.116. The lowest BCUT2D eigenvalue weighted by atomic mass is 10.1. The lowest BCUT2D eigenvalue weighted by Gasteiger charge is -2.04. The molecule has 2 aromatic heterocycles. The molecule has 0 bridgehead atoms. The largest absolute Gasteiger partial charge is 0.463 e. The highest BCUT2D eigenvalue weighted by molar-refractivity contribution is 7.09. The molecular weight excluding hydrogens is 408 g/mol. The highest BCUT2D eigenvalue weighted by atomic mass is 32.1. The van der Waals surface area contributed by atoms with E-state index in [1.165, 1.54) is 18.4 Å². The van der Waals surface area contributed by atoms with Gasteiger partial charge in [-0.1, -0.05) is 35.9 Å². The van der Waals surface area contributed by atoms with Gasteiger partial charge in [0.25, 0.3) is 0 Å². The van der Waals surface area contributed by atoms with Gasteiger partial charge >= 0.3 is 0 Å². The fourth-order valence-corrected chi connectivity index (χ4v) is 3.89. The summed E-state index contributed by atoms with van der Waals surface area (Å²) in [7, 11) is 0. The molecule has 2 heterocycles. The van der Waals surface area contributed by atoms with Gasteiger partial charge in [0.2, 0.25) is 5.91 Å². The highest BCUT2D eigenvalue weighted by Gasteiger charge is 2.06. The molecule has 0 saturated carbocycles. The second kappa shape index (κ2) is 9.10. The molecular formula is C25H22N2O3S. The molecule has 6 heteroatoms. The summed E-state index contributed by atoms with van der Waals surface area (Å²) in [6.07, 6.45) is 4.96. The number of hydrogen-bond acceptors (Lipinski definition) is 5. The summed E-state index contributed by atoms with van der Waals surface area (Å²) in [6, 6.07) is 13.7. The van der Waals surface area contributed by atoms with E-state index >= 15 is 0 Å². The first-order valence-corrected chi connectivity index (χ1v) is 10.9. The zero-order valence-electron chi connectivity index (χ0n) is 17.3. The van der Waals surface area contributed by atoms with Gasteiger partial charge in [-0.15, -0.1) is 11.3 Å². The van der Waals surface area contributed by atoms with E-state index in [0.29, 0.717) is 29.5 Å². The Balaban J connectivity index is 1.33. The van der Waals surface area contributed by atoms with Gasteiger partial charge in [-0.2, -0.15) is 0 Å². The molecule has 0 fully saturated rings. The molecule has 0 aliphatic heterocycles. The number of thiazole rings is 1. The molecule has 4 aromatic rings. The molecule has 156 valence electrons. The number of carbonyl (C=O) groups is 1. The quantitative estimate of drug-likeness (QED) is 0.442. The number of aryl methyl sites for hydroxylation is 2. The predicted molar refractivity (Wildman–Crippen MR) is 125 cm³/mol. The number of carbonyl (C=O) groups excluding carboxylic acids is 1. The van der Waals surface area contributed by atoms with Crippen molar-refractivity contribution in [3.05, 3.63) is 92.1 Å². The molecule has 2 aromatic carbocycles. The van der Waals surface area contributed by atoms with E-state index in [-0.39, 0.29) is 11.3 Å². The monoisotopic (exact) mass is 430 g/mol. The molecule has 0 spiro atoms. The number of nitrogens with zero attached hydrogens (tertiary/aromatic N) is 1. The molecule has 0 saturated heterocycles. The standard InChI is InChI=1S/C25H22N2O3S/c1-16-3-9-23-21(13-16)25(29)20(14-30-23)8-10-24(28)26-12-11-18-4-6-19(7-5-18)22-15-31-17(2)27-22/h3-10,13-15H,11-12H2,1-2H3,(H,26,28)/b10-8+. The van der Waals surface area contributed by atoms with Crippen molar-refractivity contribution in [1.29, 1.82) is 0 Å². The van der Waals surface area contributed by atoms with Crippen molar-refractivity contribution in [3.8, 4) is 11.3 Å². The van der Waals surface area contributed by atoms with Crippen LogP contribution in [-0.2, 0) is 11.2 Å². The van der Waals surface area contributed by atoms with Crippen LogP contribution in [0.5, 0.6) is 0 Å². The van der Waals surface area contributed by atoms with E-state index in [2.05, 4.69) is 10.3 Å². The Kier molecular flexibility index (Phi) is 6.09. The van der Waals surface area contributed by atoms with Gasteiger partial charge in [0.15, 0.2) is 5.43 Å². The van der Waals surface area contributed by atoms with Crippen LogP contribution >= 0.6 is 11.3 Å². The highest BCUT2D eigenvalue weighted by Crippen LogP contribution is 2.21. The zero-order valence-corrected chi connectivity index (χ0v) is 18.2. The maximum absolute atomic E-state index is 12.6. The van der Waals surface area contributed by atoms with Crippen LogP contribution in [0.3, 0.4) is 0 Å². The van der Waals surface area contributed by atoms with E-state index < -0.39 is 0 Å². The fraction of sp³-hybridized carbons (Fsp3) is 0.160. The molecule has 0 radical (unpaired) electrons. The number of nitrogens with one attached hydrogen (secondary N) is 1. The summed E-state index contributed by atoms with van der Waals surface area (Å²) in [6.45, 7) is 4.42. The summed E-state index contributed by atoms with van der Waals surface area (Å²) >= 11 is 1.63. The van der Waals surface area contributed by atoms with Crippen molar-refractivity contribution in [2.24, 2.45) is 0 Å². The minimum atomic E-state index is -0.252. The van der Waals surface area contributed by atoms with Crippen molar-refractivity contribution >= 4 is 34.3 Å². The van der Waals surface area contributed by atoms with Crippen molar-refractivity contribution in [3.63, 3.8) is 0 Å². The van der Waals surface area contributed by atoms with Gasteiger partial charge in [0, 0.05) is 23.6 Å². The molecule has 31 heavy (non-hydrogen) atoms. The van der Waals surface area contributed by atoms with Crippen molar-refractivity contribution in [1.82, 2.24) is 10.3 Å². The van der Waals surface area contributed by atoms with Crippen LogP contribution in [0.25, 0.3) is 28.3 Å². The number of aromatic nitrogens is 1. The summed E-state index contributed by atoms with van der Waals surface area (Å²) in [5.41, 5.74) is 4.92. The number of rotatable bonds is 6. The number of benzene rings is 2. The Morgan fingerprint density at radius 1 is 1.16 bits per heavy atom. The van der Waals surface area contributed by atoms with E-state index in [1.807, 2.05) is 49.6 Å². The molecule has 1 N–H and O–H groups in total. The van der Waals surface area contributed by atoms with Gasteiger partial charge in [0.1, 0.15) is 11.8 Å². The van der Waals surface area contributed by atoms with Crippen LogP contribution < -0.4 is 10.7 Å². The van der Waals surface area contributed by atoms with Crippen LogP contribution in [0.1, 0.15) is 21.7 Å². The summed E-state index contributed by atoms with van der Waals surface area (Å²) < 4.78 is 5.51. The first kappa shape index (κ1) is 20.8. The fourth-order valence-electron chi connectivity index (χ4n) is 3.27. The Hall–Kier alpha value is -3.51. The average Bonchev–Trinajstić information content (AvgIpc) is 3.20. The number of amides is 1. The normalized spacial score (nSPS) is 11.3. The van der Waals surface area contributed by atoms with Crippen molar-refractivity contribution in [2.45, 2.75) is 20.3 Å². The van der Waals surface area contributed by atoms with Crippen molar-refractivity contribution < 1.29 is 9.21 Å². The van der Waals surface area contributed by atoms with Gasteiger partial charge in [-0.3, -0.25) is 9.59 Å². The minimum Gasteiger partial charge on any atom is -0.463 e. The smallest absolute Gasteiger partial charge is 0.244 e. The van der Waals surface area contributed by atoms with Gasteiger partial charge in [-0.25, -0.2) is 4.98 Å². The molecule has 0 aliphatic rings. The van der Waals surface area contributed by atoms with E-state index in [9.17, 15) is 9.59 Å². The summed E-state index contributed by atoms with van der Waals surface area (Å²) in [4.78, 5) is 29.2. The molecule has 4 rings (SSSR count). The molecule has 0 unspecified atom stereocenters. The molecule has 0 atom stereocenters. The SMILES string of the molecule is Cc1ccc2occ(/C=C/C(=O)NCCc3ccc(-c4csc(C)n4)cc3)c(=O)c2c1. The Morgan fingerprint density at radius 3 is 2.71 bits per heavy atom. The molecule has 1 amide bonds. The third-order valence-electron chi connectivity index (χ3n) is 4.95. The summed E-state index contributed by atoms with van der Waals surface area (Å²) in [5, 5.41) is 6.46. The van der Waals surface area contributed by atoms with Crippen LogP contribution in [-0.4, -0.2) is 17.4 Å². The van der Waals surface area contributed by atoms with Crippen molar-refractivity contribution in [2.75, 3.05) is 6.54 Å².